The number of hydrogen-bond acceptors (Lipinski definition) is 4. The summed E-state index contributed by atoms with van der Waals surface area (Å²) in [6, 6.07) is 8.79. The molecule has 1 aromatic heterocycles. The molecule has 110 valence electrons. The molecule has 0 aliphatic heterocycles. The van der Waals surface area contributed by atoms with E-state index in [0.717, 1.165) is 2.88 Å². The van der Waals surface area contributed by atoms with Crippen LogP contribution >= 0.6 is 33.9 Å². The highest BCUT2D eigenvalue weighted by Crippen LogP contribution is 2.19. The number of halogens is 1. The first-order valence-electron chi connectivity index (χ1n) is 6.02. The largest absolute Gasteiger partial charge is 0.375 e. The van der Waals surface area contributed by atoms with Gasteiger partial charge in [-0.05, 0) is 46.9 Å². The zero-order chi connectivity index (χ0) is 15.2. The summed E-state index contributed by atoms with van der Waals surface area (Å²) >= 11 is 3.69. The number of amides is 2. The van der Waals surface area contributed by atoms with Gasteiger partial charge in [-0.1, -0.05) is 6.07 Å². The van der Waals surface area contributed by atoms with Crippen molar-refractivity contribution in [3.8, 4) is 0 Å². The number of carbonyl (C=O) groups excluding carboxylic acids is 2. The maximum atomic E-state index is 12.0. The molecule has 0 radical (unpaired) electrons. The van der Waals surface area contributed by atoms with E-state index < -0.39 is 0 Å². The van der Waals surface area contributed by atoms with E-state index in [1.165, 1.54) is 18.4 Å². The van der Waals surface area contributed by atoms with Gasteiger partial charge >= 0.3 is 0 Å². The van der Waals surface area contributed by atoms with E-state index in [0.29, 0.717) is 16.9 Å². The molecular weight excluding hydrogens is 403 g/mol. The third-order valence-corrected chi connectivity index (χ3v) is 4.30. The highest BCUT2D eigenvalue weighted by atomic mass is 127. The first-order valence-corrected chi connectivity index (χ1v) is 7.98. The Hall–Kier alpha value is -1.45. The third-order valence-electron chi connectivity index (χ3n) is 2.51. The summed E-state index contributed by atoms with van der Waals surface area (Å²) in [7, 11) is 1.46. The number of nitrogens with one attached hydrogen (secondary N) is 2. The average molecular weight is 416 g/mol. The molecule has 2 aromatic rings. The Morgan fingerprint density at radius 1 is 1.24 bits per heavy atom. The lowest BCUT2D eigenvalue weighted by Crippen LogP contribution is -2.17. The number of methoxy groups -OCH3 is 1. The van der Waals surface area contributed by atoms with Gasteiger partial charge in [0.25, 0.3) is 5.91 Å². The van der Waals surface area contributed by atoms with Crippen LogP contribution in [0.5, 0.6) is 0 Å². The van der Waals surface area contributed by atoms with E-state index in [9.17, 15) is 9.59 Å². The molecule has 0 bridgehead atoms. The number of anilines is 2. The van der Waals surface area contributed by atoms with Crippen LogP contribution < -0.4 is 10.6 Å². The third kappa shape index (κ3) is 4.80. The molecule has 0 unspecified atom stereocenters. The maximum absolute atomic E-state index is 12.0. The van der Waals surface area contributed by atoms with Crippen LogP contribution in [0.4, 0.5) is 11.4 Å². The van der Waals surface area contributed by atoms with Crippen molar-refractivity contribution in [3.63, 3.8) is 0 Å². The molecule has 0 atom stereocenters. The number of carbonyl (C=O) groups is 2. The van der Waals surface area contributed by atoms with Crippen LogP contribution in [0.25, 0.3) is 0 Å². The van der Waals surface area contributed by atoms with Gasteiger partial charge in [0.15, 0.2) is 0 Å². The fraction of sp³-hybridized carbons (Fsp3) is 0.143. The summed E-state index contributed by atoms with van der Waals surface area (Å²) in [6.07, 6.45) is 0. The molecule has 0 aliphatic rings. The van der Waals surface area contributed by atoms with Crippen molar-refractivity contribution in [3.05, 3.63) is 44.2 Å². The zero-order valence-corrected chi connectivity index (χ0v) is 14.2. The van der Waals surface area contributed by atoms with E-state index in [2.05, 4.69) is 33.2 Å². The molecule has 21 heavy (non-hydrogen) atoms. The molecule has 2 amide bonds. The van der Waals surface area contributed by atoms with Crippen molar-refractivity contribution in [2.75, 3.05) is 24.4 Å². The Labute approximate surface area is 139 Å². The van der Waals surface area contributed by atoms with Crippen LogP contribution in [0, 0.1) is 2.88 Å². The molecule has 5 nitrogen and oxygen atoms in total. The SMILES string of the molecule is COCC(=O)Nc1cccc(NC(=O)c2csc(I)c2)c1. The van der Waals surface area contributed by atoms with Crippen molar-refractivity contribution < 1.29 is 14.3 Å². The number of rotatable bonds is 5. The first-order chi connectivity index (χ1) is 10.1. The summed E-state index contributed by atoms with van der Waals surface area (Å²) in [6.45, 7) is -0.00999. The summed E-state index contributed by atoms with van der Waals surface area (Å²) < 4.78 is 5.80. The smallest absolute Gasteiger partial charge is 0.256 e. The molecule has 2 N–H and O–H groups in total. The van der Waals surface area contributed by atoms with Gasteiger partial charge in [-0.15, -0.1) is 11.3 Å². The molecule has 0 fully saturated rings. The summed E-state index contributed by atoms with van der Waals surface area (Å²) in [4.78, 5) is 23.5. The van der Waals surface area contributed by atoms with Gasteiger partial charge in [-0.25, -0.2) is 0 Å². The lowest BCUT2D eigenvalue weighted by molar-refractivity contribution is -0.119. The standard InChI is InChI=1S/C14H13IN2O3S/c1-20-7-13(18)16-10-3-2-4-11(6-10)17-14(19)9-5-12(15)21-8-9/h2-6,8H,7H2,1H3,(H,16,18)(H,17,19). The van der Waals surface area contributed by atoms with E-state index in [-0.39, 0.29) is 18.4 Å². The van der Waals surface area contributed by atoms with Crippen LogP contribution in [0.15, 0.2) is 35.7 Å². The van der Waals surface area contributed by atoms with Crippen molar-refractivity contribution in [1.82, 2.24) is 0 Å². The normalized spacial score (nSPS) is 10.2. The van der Waals surface area contributed by atoms with Gasteiger partial charge in [0, 0.05) is 23.9 Å². The lowest BCUT2D eigenvalue weighted by Gasteiger charge is -2.08. The molecular formula is C14H13IN2O3S. The topological polar surface area (TPSA) is 67.4 Å². The molecule has 2 rings (SSSR count). The van der Waals surface area contributed by atoms with Gasteiger partial charge in [-0.2, -0.15) is 0 Å². The Kier molecular flexibility index (Phi) is 5.71. The second-order valence-corrected chi connectivity index (χ2v) is 6.96. The van der Waals surface area contributed by atoms with E-state index in [4.69, 9.17) is 4.74 Å². The Bertz CT molecular complexity index is 657. The molecule has 0 saturated heterocycles. The summed E-state index contributed by atoms with van der Waals surface area (Å²) in [5.74, 6) is -0.414. The Balaban J connectivity index is 2.04. The van der Waals surface area contributed by atoms with Gasteiger partial charge in [0.05, 0.1) is 8.45 Å². The van der Waals surface area contributed by atoms with E-state index >= 15 is 0 Å². The minimum atomic E-state index is -0.242. The van der Waals surface area contributed by atoms with Crippen LogP contribution in [-0.4, -0.2) is 25.5 Å². The van der Waals surface area contributed by atoms with Crippen molar-refractivity contribution in [1.29, 1.82) is 0 Å². The van der Waals surface area contributed by atoms with Gasteiger partial charge in [0.1, 0.15) is 6.61 Å². The predicted molar refractivity (Wildman–Crippen MR) is 91.9 cm³/mol. The van der Waals surface area contributed by atoms with Crippen molar-refractivity contribution in [2.45, 2.75) is 0 Å². The maximum Gasteiger partial charge on any atom is 0.256 e. The van der Waals surface area contributed by atoms with Crippen molar-refractivity contribution >= 4 is 57.1 Å². The molecule has 1 aromatic carbocycles. The monoisotopic (exact) mass is 416 g/mol. The predicted octanol–water partition coefficient (Wildman–Crippen LogP) is 3.19. The van der Waals surface area contributed by atoms with Gasteiger partial charge < -0.3 is 15.4 Å². The van der Waals surface area contributed by atoms with Crippen LogP contribution in [0.3, 0.4) is 0 Å². The summed E-state index contributed by atoms with van der Waals surface area (Å²) in [5.41, 5.74) is 1.85. The quantitative estimate of drug-likeness (QED) is 0.736. The molecule has 0 aliphatic carbocycles. The minimum Gasteiger partial charge on any atom is -0.375 e. The first kappa shape index (κ1) is 15.9. The second-order valence-electron chi connectivity index (χ2n) is 4.16. The van der Waals surface area contributed by atoms with E-state index in [1.54, 1.807) is 29.6 Å². The zero-order valence-electron chi connectivity index (χ0n) is 11.2. The highest BCUT2D eigenvalue weighted by Gasteiger charge is 2.09. The van der Waals surface area contributed by atoms with Crippen LogP contribution in [-0.2, 0) is 9.53 Å². The minimum absolute atomic E-state index is 0.00999. The average Bonchev–Trinajstić information content (AvgIpc) is 2.86. The van der Waals surface area contributed by atoms with E-state index in [1.807, 2.05) is 6.07 Å². The van der Waals surface area contributed by atoms with Gasteiger partial charge in [-0.3, -0.25) is 9.59 Å². The van der Waals surface area contributed by atoms with Crippen LogP contribution in [0.1, 0.15) is 10.4 Å². The number of hydrogen-bond donors (Lipinski definition) is 2. The number of ether oxygens (including phenoxy) is 1. The fourth-order valence-electron chi connectivity index (χ4n) is 1.64. The van der Waals surface area contributed by atoms with Crippen LogP contribution in [0.2, 0.25) is 0 Å². The van der Waals surface area contributed by atoms with Crippen molar-refractivity contribution in [2.24, 2.45) is 0 Å². The highest BCUT2D eigenvalue weighted by molar-refractivity contribution is 14.1. The Morgan fingerprint density at radius 3 is 2.57 bits per heavy atom. The summed E-state index contributed by atoms with van der Waals surface area (Å²) in [5, 5.41) is 7.29. The lowest BCUT2D eigenvalue weighted by atomic mass is 10.2. The Morgan fingerprint density at radius 2 is 1.95 bits per heavy atom. The molecule has 0 spiro atoms. The molecule has 1 heterocycles. The molecule has 7 heteroatoms. The molecule has 0 saturated carbocycles. The number of benzene rings is 1. The second kappa shape index (κ2) is 7.53. The van der Waals surface area contributed by atoms with Gasteiger partial charge in [0.2, 0.25) is 5.91 Å². The number of thiophene rings is 1. The fourth-order valence-corrected chi connectivity index (χ4v) is 2.96.